The molecule has 0 radical (unpaired) electrons. The minimum Gasteiger partial charge on any atom is -0.309 e. The van der Waals surface area contributed by atoms with E-state index in [0.29, 0.717) is 5.92 Å². The van der Waals surface area contributed by atoms with Gasteiger partial charge in [0.2, 0.25) is 0 Å². The molecule has 63 heavy (non-hydrogen) atoms. The second-order valence-corrected chi connectivity index (χ2v) is 18.5. The van der Waals surface area contributed by atoms with Gasteiger partial charge in [0.1, 0.15) is 0 Å². The average molecular weight is 816 g/mol. The molecular formula is C62H57N. The lowest BCUT2D eigenvalue weighted by Crippen LogP contribution is -2.21. The van der Waals surface area contributed by atoms with Crippen molar-refractivity contribution in [1.29, 1.82) is 0 Å². The fourth-order valence-electron chi connectivity index (χ4n) is 10.4. The van der Waals surface area contributed by atoms with E-state index >= 15 is 0 Å². The van der Waals surface area contributed by atoms with E-state index in [-0.39, 0.29) is 5.41 Å². The van der Waals surface area contributed by atoms with Crippen LogP contribution in [0.25, 0.3) is 60.9 Å². The van der Waals surface area contributed by atoms with Crippen molar-refractivity contribution in [3.05, 3.63) is 223 Å². The largest absolute Gasteiger partial charge is 0.309 e. The summed E-state index contributed by atoms with van der Waals surface area (Å²) in [5, 5.41) is 2.72. The summed E-state index contributed by atoms with van der Waals surface area (Å²) >= 11 is 0. The van der Waals surface area contributed by atoms with Gasteiger partial charge >= 0.3 is 0 Å². The predicted octanol–water partition coefficient (Wildman–Crippen LogP) is 17.8. The maximum atomic E-state index is 2.62. The van der Waals surface area contributed by atoms with E-state index in [1.54, 1.807) is 0 Å². The fourth-order valence-corrected chi connectivity index (χ4v) is 10.4. The van der Waals surface area contributed by atoms with E-state index in [4.69, 9.17) is 0 Å². The topological polar surface area (TPSA) is 3.24 Å². The van der Waals surface area contributed by atoms with Gasteiger partial charge in [-0.15, -0.1) is 0 Å². The SMILES string of the molecule is CC(C)(C)c1ccc(N(C2=C(c3ccccc3-c3ccccc3-c3ccccc3)CCC=C2)c2ccccc2-c2cccc3cccc(C4CCCCC4)c23)c(-c2ccccc2)c1. The van der Waals surface area contributed by atoms with Crippen LogP contribution in [0.1, 0.15) is 88.3 Å². The molecule has 0 amide bonds. The van der Waals surface area contributed by atoms with Crippen molar-refractivity contribution in [2.24, 2.45) is 0 Å². The number of nitrogens with zero attached hydrogens (tertiary/aromatic N) is 1. The molecule has 8 aromatic carbocycles. The van der Waals surface area contributed by atoms with Crippen molar-refractivity contribution in [2.45, 2.75) is 77.0 Å². The van der Waals surface area contributed by atoms with Crippen molar-refractivity contribution < 1.29 is 0 Å². The maximum Gasteiger partial charge on any atom is 0.0540 e. The monoisotopic (exact) mass is 815 g/mol. The summed E-state index contributed by atoms with van der Waals surface area (Å²) in [5.74, 6) is 0.576. The zero-order chi connectivity index (χ0) is 42.8. The molecule has 1 saturated carbocycles. The van der Waals surface area contributed by atoms with Gasteiger partial charge < -0.3 is 4.90 Å². The van der Waals surface area contributed by atoms with Crippen molar-refractivity contribution in [3.63, 3.8) is 0 Å². The minimum absolute atomic E-state index is 0.0243. The highest BCUT2D eigenvalue weighted by molar-refractivity contribution is 6.04. The smallest absolute Gasteiger partial charge is 0.0540 e. The summed E-state index contributed by atoms with van der Waals surface area (Å²) in [6.07, 6.45) is 13.2. The summed E-state index contributed by atoms with van der Waals surface area (Å²) in [7, 11) is 0. The highest BCUT2D eigenvalue weighted by Crippen LogP contribution is 2.50. The van der Waals surface area contributed by atoms with Crippen LogP contribution in [0, 0.1) is 0 Å². The van der Waals surface area contributed by atoms with Crippen molar-refractivity contribution in [2.75, 3.05) is 4.90 Å². The van der Waals surface area contributed by atoms with Gasteiger partial charge in [0, 0.05) is 16.8 Å². The zero-order valence-corrected chi connectivity index (χ0v) is 37.0. The first-order valence-electron chi connectivity index (χ1n) is 23.2. The van der Waals surface area contributed by atoms with Crippen molar-refractivity contribution in [1.82, 2.24) is 0 Å². The lowest BCUT2D eigenvalue weighted by Gasteiger charge is -2.35. The van der Waals surface area contributed by atoms with E-state index < -0.39 is 0 Å². The Morgan fingerprint density at radius 3 is 1.71 bits per heavy atom. The van der Waals surface area contributed by atoms with E-state index in [9.17, 15) is 0 Å². The third-order valence-electron chi connectivity index (χ3n) is 13.5. The molecule has 0 saturated heterocycles. The Kier molecular flexibility index (Phi) is 11.3. The van der Waals surface area contributed by atoms with Gasteiger partial charge in [-0.3, -0.25) is 0 Å². The van der Waals surface area contributed by atoms with Crippen molar-refractivity contribution in [3.8, 4) is 44.5 Å². The van der Waals surface area contributed by atoms with E-state index in [0.717, 1.165) is 12.8 Å². The molecule has 2 aliphatic carbocycles. The zero-order valence-electron chi connectivity index (χ0n) is 37.0. The van der Waals surface area contributed by atoms with Gasteiger partial charge in [-0.1, -0.05) is 216 Å². The average Bonchev–Trinajstić information content (AvgIpc) is 3.34. The normalized spacial score (nSPS) is 14.6. The van der Waals surface area contributed by atoms with Gasteiger partial charge in [0.15, 0.2) is 0 Å². The Balaban J connectivity index is 1.27. The highest BCUT2D eigenvalue weighted by Gasteiger charge is 2.29. The highest BCUT2D eigenvalue weighted by atomic mass is 15.2. The third kappa shape index (κ3) is 7.98. The van der Waals surface area contributed by atoms with Crippen LogP contribution in [0.3, 0.4) is 0 Å². The standard InChI is InChI=1S/C62H57N/c1-62(2,3)48-41-42-60(57(43-48)46-27-11-6-12-28-46)63(59-40-20-18-36-55(59)56-38-22-30-47-29-21-37-50(61(47)56)45-25-9-5-10-26-45)58-39-19-17-35-54(58)53-34-16-15-33-52(53)51-32-14-13-31-49(51)44-23-7-4-8-24-44/h4,6-8,11-16,18-24,27-34,36-43,45H,5,9-10,17,25-26,35H2,1-3H3. The first kappa shape index (κ1) is 40.4. The molecule has 310 valence electrons. The second kappa shape index (κ2) is 17.6. The van der Waals surface area contributed by atoms with Crippen LogP contribution >= 0.6 is 0 Å². The number of hydrogen-bond donors (Lipinski definition) is 0. The molecule has 0 spiro atoms. The molecule has 2 aliphatic rings. The molecule has 0 bridgehead atoms. The third-order valence-corrected chi connectivity index (χ3v) is 13.5. The maximum absolute atomic E-state index is 2.62. The van der Waals surface area contributed by atoms with Gasteiger partial charge in [0.05, 0.1) is 11.4 Å². The van der Waals surface area contributed by atoms with Gasteiger partial charge in [-0.25, -0.2) is 0 Å². The van der Waals surface area contributed by atoms with Gasteiger partial charge in [-0.2, -0.15) is 0 Å². The van der Waals surface area contributed by atoms with Crippen LogP contribution in [-0.2, 0) is 5.41 Å². The first-order valence-corrected chi connectivity index (χ1v) is 23.2. The number of hydrogen-bond acceptors (Lipinski definition) is 1. The molecule has 0 aliphatic heterocycles. The molecule has 1 fully saturated rings. The molecule has 0 unspecified atom stereocenters. The molecule has 1 heteroatoms. The summed E-state index contributed by atoms with van der Waals surface area (Å²) in [6, 6.07) is 70.4. The van der Waals surface area contributed by atoms with Crippen LogP contribution in [-0.4, -0.2) is 0 Å². The Morgan fingerprint density at radius 2 is 1.02 bits per heavy atom. The van der Waals surface area contributed by atoms with Gasteiger partial charge in [-0.05, 0) is 128 Å². The van der Waals surface area contributed by atoms with Crippen LogP contribution in [0.4, 0.5) is 11.4 Å². The Bertz CT molecular complexity index is 2950. The lowest BCUT2D eigenvalue weighted by atomic mass is 9.80. The molecule has 1 nitrogen and oxygen atoms in total. The van der Waals surface area contributed by atoms with Crippen molar-refractivity contribution >= 4 is 27.7 Å². The summed E-state index contributed by atoms with van der Waals surface area (Å²) < 4.78 is 0. The summed E-state index contributed by atoms with van der Waals surface area (Å²) in [5.41, 5.74) is 19.0. The Hall–Kier alpha value is -6.70. The first-order chi connectivity index (χ1) is 30.9. The lowest BCUT2D eigenvalue weighted by molar-refractivity contribution is 0.445. The summed E-state index contributed by atoms with van der Waals surface area (Å²) in [4.78, 5) is 2.62. The quantitative estimate of drug-likeness (QED) is 0.140. The van der Waals surface area contributed by atoms with E-state index in [1.807, 2.05) is 0 Å². The predicted molar refractivity (Wildman–Crippen MR) is 271 cm³/mol. The number of rotatable bonds is 9. The fraction of sp³-hybridized carbons (Fsp3) is 0.194. The van der Waals surface area contributed by atoms with Crippen LogP contribution < -0.4 is 4.90 Å². The Morgan fingerprint density at radius 1 is 0.460 bits per heavy atom. The molecular weight excluding hydrogens is 759 g/mol. The molecule has 0 N–H and O–H groups in total. The number of anilines is 2. The van der Waals surface area contributed by atoms with E-state index in [1.165, 1.54) is 127 Å². The van der Waals surface area contributed by atoms with Crippen LogP contribution in [0.5, 0.6) is 0 Å². The number of benzene rings is 8. The minimum atomic E-state index is -0.0243. The molecule has 10 rings (SSSR count). The van der Waals surface area contributed by atoms with E-state index in [2.05, 4.69) is 226 Å². The molecule has 0 aromatic heterocycles. The molecule has 0 atom stereocenters. The number of para-hydroxylation sites is 1. The summed E-state index contributed by atoms with van der Waals surface area (Å²) in [6.45, 7) is 6.97. The number of allylic oxidation sites excluding steroid dienone is 3. The Labute approximate surface area is 375 Å². The molecule has 8 aromatic rings. The van der Waals surface area contributed by atoms with Gasteiger partial charge in [0.25, 0.3) is 0 Å². The number of fused-ring (bicyclic) bond motifs is 1. The van der Waals surface area contributed by atoms with Crippen LogP contribution in [0.15, 0.2) is 206 Å². The van der Waals surface area contributed by atoms with Crippen LogP contribution in [0.2, 0.25) is 0 Å². The molecule has 0 heterocycles. The second-order valence-electron chi connectivity index (χ2n) is 18.5.